The minimum atomic E-state index is 1.23. The standard InChI is InChI=1S/C19H16/c1-15-11-13-17(19-10-6-5-9-18(15)19)14-12-16-7-3-2-4-8-16/h2-14H,1H3/b14-12+. The van der Waals surface area contributed by atoms with Crippen molar-refractivity contribution in [3.63, 3.8) is 0 Å². The van der Waals surface area contributed by atoms with Crippen LogP contribution in [0.1, 0.15) is 16.7 Å². The highest BCUT2D eigenvalue weighted by molar-refractivity contribution is 5.94. The molecule has 3 aromatic rings. The molecule has 0 N–H and O–H groups in total. The van der Waals surface area contributed by atoms with E-state index in [1.807, 2.05) is 6.07 Å². The normalized spacial score (nSPS) is 11.2. The fourth-order valence-corrected chi connectivity index (χ4v) is 2.37. The Morgan fingerprint density at radius 1 is 0.632 bits per heavy atom. The van der Waals surface area contributed by atoms with Crippen molar-refractivity contribution >= 4 is 22.9 Å². The summed E-state index contributed by atoms with van der Waals surface area (Å²) in [5, 5.41) is 2.65. The lowest BCUT2D eigenvalue weighted by Gasteiger charge is -2.05. The van der Waals surface area contributed by atoms with Crippen LogP contribution in [0.5, 0.6) is 0 Å². The Morgan fingerprint density at radius 3 is 2.11 bits per heavy atom. The Morgan fingerprint density at radius 2 is 1.32 bits per heavy atom. The van der Waals surface area contributed by atoms with E-state index in [2.05, 4.69) is 79.7 Å². The van der Waals surface area contributed by atoms with Gasteiger partial charge in [0.2, 0.25) is 0 Å². The van der Waals surface area contributed by atoms with E-state index in [-0.39, 0.29) is 0 Å². The zero-order valence-electron chi connectivity index (χ0n) is 11.0. The molecule has 0 aliphatic heterocycles. The summed E-state index contributed by atoms with van der Waals surface area (Å²) < 4.78 is 0. The molecule has 0 heterocycles. The maximum Gasteiger partial charge on any atom is -0.0109 e. The summed E-state index contributed by atoms with van der Waals surface area (Å²) in [7, 11) is 0. The Hall–Kier alpha value is -2.34. The summed E-state index contributed by atoms with van der Waals surface area (Å²) in [5.74, 6) is 0. The molecule has 0 nitrogen and oxygen atoms in total. The highest BCUT2D eigenvalue weighted by atomic mass is 14.0. The number of aryl methyl sites for hydroxylation is 1. The molecule has 0 radical (unpaired) electrons. The molecule has 19 heavy (non-hydrogen) atoms. The van der Waals surface area contributed by atoms with E-state index in [0.29, 0.717) is 0 Å². The van der Waals surface area contributed by atoms with Crippen molar-refractivity contribution in [1.29, 1.82) is 0 Å². The topological polar surface area (TPSA) is 0 Å². The third-order valence-electron chi connectivity index (χ3n) is 3.43. The van der Waals surface area contributed by atoms with Gasteiger partial charge in [0.25, 0.3) is 0 Å². The van der Waals surface area contributed by atoms with E-state index < -0.39 is 0 Å². The first-order valence-electron chi connectivity index (χ1n) is 6.56. The van der Waals surface area contributed by atoms with Crippen molar-refractivity contribution in [3.8, 4) is 0 Å². The molecule has 0 spiro atoms. The number of benzene rings is 3. The molecule has 0 unspecified atom stereocenters. The molecule has 0 amide bonds. The Kier molecular flexibility index (Phi) is 3.16. The van der Waals surface area contributed by atoms with Crippen molar-refractivity contribution in [3.05, 3.63) is 83.4 Å². The second-order valence-electron chi connectivity index (χ2n) is 4.76. The first-order chi connectivity index (χ1) is 9.34. The van der Waals surface area contributed by atoms with Crippen LogP contribution in [-0.4, -0.2) is 0 Å². The Balaban J connectivity index is 2.07. The second-order valence-corrected chi connectivity index (χ2v) is 4.76. The molecule has 0 aliphatic rings. The second kappa shape index (κ2) is 5.11. The molecule has 0 fully saturated rings. The first-order valence-corrected chi connectivity index (χ1v) is 6.56. The van der Waals surface area contributed by atoms with E-state index >= 15 is 0 Å². The van der Waals surface area contributed by atoms with Gasteiger partial charge in [0.05, 0.1) is 0 Å². The number of fused-ring (bicyclic) bond motifs is 1. The fraction of sp³-hybridized carbons (Fsp3) is 0.0526. The summed E-state index contributed by atoms with van der Waals surface area (Å²) in [5.41, 5.74) is 3.82. The number of hydrogen-bond acceptors (Lipinski definition) is 0. The lowest BCUT2D eigenvalue weighted by atomic mass is 9.99. The van der Waals surface area contributed by atoms with E-state index in [0.717, 1.165) is 0 Å². The zero-order chi connectivity index (χ0) is 13.1. The lowest BCUT2D eigenvalue weighted by molar-refractivity contribution is 1.52. The smallest absolute Gasteiger partial charge is 0.0109 e. The van der Waals surface area contributed by atoms with Crippen LogP contribution in [0.3, 0.4) is 0 Å². The first kappa shape index (κ1) is 11.7. The van der Waals surface area contributed by atoms with Crippen molar-refractivity contribution in [1.82, 2.24) is 0 Å². The van der Waals surface area contributed by atoms with Crippen molar-refractivity contribution in [2.45, 2.75) is 6.92 Å². The van der Waals surface area contributed by atoms with Crippen LogP contribution in [0, 0.1) is 6.92 Å². The molecule has 0 saturated carbocycles. The van der Waals surface area contributed by atoms with Crippen molar-refractivity contribution < 1.29 is 0 Å². The van der Waals surface area contributed by atoms with Gasteiger partial charge in [-0.15, -0.1) is 0 Å². The third kappa shape index (κ3) is 2.43. The molecule has 0 aliphatic carbocycles. The Labute approximate surface area is 114 Å². The summed E-state index contributed by atoms with van der Waals surface area (Å²) in [6.45, 7) is 2.16. The highest BCUT2D eigenvalue weighted by Gasteiger charge is 1.99. The maximum absolute atomic E-state index is 2.19. The van der Waals surface area contributed by atoms with Gasteiger partial charge in [-0.2, -0.15) is 0 Å². The summed E-state index contributed by atoms with van der Waals surface area (Å²) in [6, 6.07) is 23.3. The molecule has 3 aromatic carbocycles. The predicted octanol–water partition coefficient (Wildman–Crippen LogP) is 5.32. The lowest BCUT2D eigenvalue weighted by Crippen LogP contribution is -1.82. The molecular formula is C19H16. The van der Waals surface area contributed by atoms with Crippen LogP contribution in [0.2, 0.25) is 0 Å². The molecule has 0 bridgehead atoms. The Bertz CT molecular complexity index is 721. The molecule has 0 aromatic heterocycles. The van der Waals surface area contributed by atoms with Crippen LogP contribution in [0.25, 0.3) is 22.9 Å². The van der Waals surface area contributed by atoms with Gasteiger partial charge in [0.1, 0.15) is 0 Å². The van der Waals surface area contributed by atoms with Crippen LogP contribution in [0.15, 0.2) is 66.7 Å². The van der Waals surface area contributed by atoms with Gasteiger partial charge >= 0.3 is 0 Å². The van der Waals surface area contributed by atoms with Gasteiger partial charge < -0.3 is 0 Å². The monoisotopic (exact) mass is 244 g/mol. The summed E-state index contributed by atoms with van der Waals surface area (Å²) >= 11 is 0. The number of rotatable bonds is 2. The van der Waals surface area contributed by atoms with Gasteiger partial charge in [0, 0.05) is 0 Å². The molecule has 3 rings (SSSR count). The molecule has 0 saturated heterocycles. The minimum absolute atomic E-state index is 1.23. The van der Waals surface area contributed by atoms with E-state index in [9.17, 15) is 0 Å². The van der Waals surface area contributed by atoms with Crippen molar-refractivity contribution in [2.24, 2.45) is 0 Å². The molecule has 0 atom stereocenters. The highest BCUT2D eigenvalue weighted by Crippen LogP contribution is 2.23. The third-order valence-corrected chi connectivity index (χ3v) is 3.43. The van der Waals surface area contributed by atoms with Crippen LogP contribution in [-0.2, 0) is 0 Å². The molecule has 92 valence electrons. The van der Waals surface area contributed by atoms with E-state index in [1.54, 1.807) is 0 Å². The predicted molar refractivity (Wildman–Crippen MR) is 84.1 cm³/mol. The van der Waals surface area contributed by atoms with Gasteiger partial charge in [-0.25, -0.2) is 0 Å². The van der Waals surface area contributed by atoms with Crippen molar-refractivity contribution in [2.75, 3.05) is 0 Å². The summed E-state index contributed by atoms with van der Waals surface area (Å²) in [4.78, 5) is 0. The summed E-state index contributed by atoms with van der Waals surface area (Å²) in [6.07, 6.45) is 4.36. The van der Waals surface area contributed by atoms with Gasteiger partial charge in [0.15, 0.2) is 0 Å². The molecule has 0 heteroatoms. The largest absolute Gasteiger partial charge is 0.0622 e. The van der Waals surface area contributed by atoms with Crippen LogP contribution < -0.4 is 0 Å². The van der Waals surface area contributed by atoms with Crippen LogP contribution >= 0.6 is 0 Å². The maximum atomic E-state index is 2.19. The van der Waals surface area contributed by atoms with Gasteiger partial charge in [-0.3, -0.25) is 0 Å². The molecular weight excluding hydrogens is 228 g/mol. The quantitative estimate of drug-likeness (QED) is 0.535. The van der Waals surface area contributed by atoms with Crippen LogP contribution in [0.4, 0.5) is 0 Å². The number of hydrogen-bond donors (Lipinski definition) is 0. The van der Waals surface area contributed by atoms with E-state index in [1.165, 1.54) is 27.5 Å². The van der Waals surface area contributed by atoms with Gasteiger partial charge in [-0.1, -0.05) is 78.9 Å². The zero-order valence-corrected chi connectivity index (χ0v) is 11.0. The van der Waals surface area contributed by atoms with E-state index in [4.69, 9.17) is 0 Å². The van der Waals surface area contributed by atoms with Gasteiger partial charge in [-0.05, 0) is 34.4 Å². The average Bonchev–Trinajstić information content (AvgIpc) is 2.48. The average molecular weight is 244 g/mol. The fourth-order valence-electron chi connectivity index (χ4n) is 2.37. The SMILES string of the molecule is Cc1ccc(/C=C/c2ccccc2)c2ccccc12. The minimum Gasteiger partial charge on any atom is -0.0622 e.